The van der Waals surface area contributed by atoms with Gasteiger partial charge in [0.05, 0.1) is 17.7 Å². The first-order valence-corrected chi connectivity index (χ1v) is 6.54. The molecule has 4 heteroatoms. The SMILES string of the molecule is CC(C)(C)C(NCC=Cc1ccc(C#N)cc1)C(N)=O. The third-order valence-corrected chi connectivity index (χ3v) is 2.94. The average molecular weight is 271 g/mol. The van der Waals surface area contributed by atoms with Crippen LogP contribution in [0, 0.1) is 16.7 Å². The molecule has 0 aromatic heterocycles. The molecule has 0 aliphatic carbocycles. The number of amides is 1. The summed E-state index contributed by atoms with van der Waals surface area (Å²) < 4.78 is 0. The van der Waals surface area contributed by atoms with Crippen molar-refractivity contribution in [3.8, 4) is 6.07 Å². The highest BCUT2D eigenvalue weighted by atomic mass is 16.1. The molecule has 0 aliphatic rings. The van der Waals surface area contributed by atoms with E-state index in [-0.39, 0.29) is 17.4 Å². The van der Waals surface area contributed by atoms with Gasteiger partial charge < -0.3 is 11.1 Å². The zero-order chi connectivity index (χ0) is 15.2. The molecule has 0 saturated carbocycles. The molecule has 0 fully saturated rings. The summed E-state index contributed by atoms with van der Waals surface area (Å²) in [6.45, 7) is 6.48. The highest BCUT2D eigenvalue weighted by Gasteiger charge is 2.28. The molecule has 0 saturated heterocycles. The van der Waals surface area contributed by atoms with Gasteiger partial charge in [0.2, 0.25) is 5.91 Å². The van der Waals surface area contributed by atoms with E-state index in [1.54, 1.807) is 12.1 Å². The largest absolute Gasteiger partial charge is 0.368 e. The molecule has 4 nitrogen and oxygen atoms in total. The van der Waals surface area contributed by atoms with Crippen LogP contribution >= 0.6 is 0 Å². The molecule has 3 N–H and O–H groups in total. The maximum Gasteiger partial charge on any atom is 0.235 e. The van der Waals surface area contributed by atoms with Crippen molar-refractivity contribution in [2.45, 2.75) is 26.8 Å². The van der Waals surface area contributed by atoms with Crippen molar-refractivity contribution in [1.82, 2.24) is 5.32 Å². The molecule has 1 aromatic carbocycles. The number of hydrogen-bond donors (Lipinski definition) is 2. The second-order valence-corrected chi connectivity index (χ2v) is 5.75. The Morgan fingerprint density at radius 1 is 1.40 bits per heavy atom. The van der Waals surface area contributed by atoms with Crippen LogP contribution in [0.5, 0.6) is 0 Å². The van der Waals surface area contributed by atoms with Gasteiger partial charge in [-0.25, -0.2) is 0 Å². The normalized spacial score (nSPS) is 13.1. The minimum atomic E-state index is -0.367. The molecule has 0 heterocycles. The van der Waals surface area contributed by atoms with Crippen LogP contribution in [0.15, 0.2) is 30.3 Å². The fraction of sp³-hybridized carbons (Fsp3) is 0.375. The molecule has 1 rings (SSSR count). The molecule has 106 valence electrons. The monoisotopic (exact) mass is 271 g/mol. The van der Waals surface area contributed by atoms with Gasteiger partial charge in [-0.05, 0) is 23.1 Å². The van der Waals surface area contributed by atoms with Crippen molar-refractivity contribution in [3.63, 3.8) is 0 Å². The van der Waals surface area contributed by atoms with Crippen LogP contribution in [0.4, 0.5) is 0 Å². The number of carbonyl (C=O) groups is 1. The number of carbonyl (C=O) groups excluding carboxylic acids is 1. The first-order valence-electron chi connectivity index (χ1n) is 6.54. The van der Waals surface area contributed by atoms with E-state index in [2.05, 4.69) is 11.4 Å². The average Bonchev–Trinajstić information content (AvgIpc) is 2.37. The number of nitrogens with zero attached hydrogens (tertiary/aromatic N) is 1. The van der Waals surface area contributed by atoms with Crippen molar-refractivity contribution in [3.05, 3.63) is 41.5 Å². The van der Waals surface area contributed by atoms with Crippen LogP contribution in [-0.2, 0) is 4.79 Å². The maximum absolute atomic E-state index is 11.4. The van der Waals surface area contributed by atoms with Crippen LogP contribution < -0.4 is 11.1 Å². The number of hydrogen-bond acceptors (Lipinski definition) is 3. The van der Waals surface area contributed by atoms with E-state index in [1.807, 2.05) is 45.1 Å². The molecule has 1 aromatic rings. The molecule has 1 unspecified atom stereocenters. The number of nitriles is 1. The highest BCUT2D eigenvalue weighted by molar-refractivity contribution is 5.80. The van der Waals surface area contributed by atoms with Crippen molar-refractivity contribution in [2.75, 3.05) is 6.54 Å². The van der Waals surface area contributed by atoms with Gasteiger partial charge in [-0.15, -0.1) is 0 Å². The molecule has 0 aliphatic heterocycles. The Hall–Kier alpha value is -2.12. The lowest BCUT2D eigenvalue weighted by atomic mass is 9.86. The van der Waals surface area contributed by atoms with E-state index >= 15 is 0 Å². The Kier molecular flexibility index (Phi) is 5.48. The summed E-state index contributed by atoms with van der Waals surface area (Å²) in [6.07, 6.45) is 3.87. The van der Waals surface area contributed by atoms with Crippen molar-refractivity contribution >= 4 is 12.0 Å². The summed E-state index contributed by atoms with van der Waals surface area (Å²) in [5, 5.41) is 11.8. The van der Waals surface area contributed by atoms with Gasteiger partial charge >= 0.3 is 0 Å². The molecule has 20 heavy (non-hydrogen) atoms. The Morgan fingerprint density at radius 3 is 2.45 bits per heavy atom. The maximum atomic E-state index is 11.4. The minimum Gasteiger partial charge on any atom is -0.368 e. The number of nitrogens with two attached hydrogens (primary N) is 1. The van der Waals surface area contributed by atoms with E-state index in [0.717, 1.165) is 5.56 Å². The molecule has 0 spiro atoms. The summed E-state index contributed by atoms with van der Waals surface area (Å²) in [5.74, 6) is -0.343. The van der Waals surface area contributed by atoms with Gasteiger partial charge in [-0.3, -0.25) is 4.79 Å². The van der Waals surface area contributed by atoms with Crippen LogP contribution in [-0.4, -0.2) is 18.5 Å². The van der Waals surface area contributed by atoms with Crippen molar-refractivity contribution in [1.29, 1.82) is 5.26 Å². The zero-order valence-electron chi connectivity index (χ0n) is 12.2. The number of benzene rings is 1. The van der Waals surface area contributed by atoms with Gasteiger partial charge in [-0.1, -0.05) is 45.1 Å². The van der Waals surface area contributed by atoms with Crippen molar-refractivity contribution < 1.29 is 4.79 Å². The second kappa shape index (κ2) is 6.88. The summed E-state index contributed by atoms with van der Waals surface area (Å²) >= 11 is 0. The lowest BCUT2D eigenvalue weighted by molar-refractivity contribution is -0.122. The van der Waals surface area contributed by atoms with E-state index in [4.69, 9.17) is 11.0 Å². The molecule has 1 amide bonds. The van der Waals surface area contributed by atoms with Crippen LogP contribution in [0.25, 0.3) is 6.08 Å². The lowest BCUT2D eigenvalue weighted by Crippen LogP contribution is -2.49. The summed E-state index contributed by atoms with van der Waals surface area (Å²) in [4.78, 5) is 11.4. The highest BCUT2D eigenvalue weighted by Crippen LogP contribution is 2.18. The first kappa shape index (κ1) is 15.9. The third kappa shape index (κ3) is 4.87. The number of primary amides is 1. The Bertz CT molecular complexity index is 518. The van der Waals surface area contributed by atoms with E-state index in [1.165, 1.54) is 0 Å². The smallest absolute Gasteiger partial charge is 0.235 e. The summed E-state index contributed by atoms with van der Waals surface area (Å²) in [5.41, 5.74) is 6.83. The van der Waals surface area contributed by atoms with Gasteiger partial charge in [0.1, 0.15) is 0 Å². The van der Waals surface area contributed by atoms with Crippen LogP contribution in [0.3, 0.4) is 0 Å². The molecule has 0 radical (unpaired) electrons. The predicted octanol–water partition coefficient (Wildman–Crippen LogP) is 2.06. The molecular formula is C16H21N3O. The Morgan fingerprint density at radius 2 is 2.00 bits per heavy atom. The van der Waals surface area contributed by atoms with Gasteiger partial charge in [-0.2, -0.15) is 5.26 Å². The number of nitrogens with one attached hydrogen (secondary N) is 1. The van der Waals surface area contributed by atoms with Gasteiger partial charge in [0.25, 0.3) is 0 Å². The fourth-order valence-electron chi connectivity index (χ4n) is 1.88. The standard InChI is InChI=1S/C16H21N3O/c1-16(2,3)14(15(18)20)19-10-4-5-12-6-8-13(11-17)9-7-12/h4-9,14,19H,10H2,1-3H3,(H2,18,20). The number of rotatable bonds is 5. The fourth-order valence-corrected chi connectivity index (χ4v) is 1.88. The topological polar surface area (TPSA) is 78.9 Å². The molecule has 0 bridgehead atoms. The summed E-state index contributed by atoms with van der Waals surface area (Å²) in [6, 6.07) is 9.01. The molecule has 1 atom stereocenters. The first-order chi connectivity index (χ1) is 9.34. The Labute approximate surface area is 120 Å². The lowest BCUT2D eigenvalue weighted by Gasteiger charge is -2.28. The van der Waals surface area contributed by atoms with Crippen LogP contribution in [0.1, 0.15) is 31.9 Å². The predicted molar refractivity (Wildman–Crippen MR) is 80.6 cm³/mol. The summed E-state index contributed by atoms with van der Waals surface area (Å²) in [7, 11) is 0. The van der Waals surface area contributed by atoms with Crippen LogP contribution in [0.2, 0.25) is 0 Å². The van der Waals surface area contributed by atoms with Gasteiger partial charge in [0, 0.05) is 6.54 Å². The van der Waals surface area contributed by atoms with E-state index in [0.29, 0.717) is 12.1 Å². The van der Waals surface area contributed by atoms with E-state index in [9.17, 15) is 4.79 Å². The zero-order valence-corrected chi connectivity index (χ0v) is 12.2. The third-order valence-electron chi connectivity index (χ3n) is 2.94. The van der Waals surface area contributed by atoms with Gasteiger partial charge in [0.15, 0.2) is 0 Å². The minimum absolute atomic E-state index is 0.214. The quantitative estimate of drug-likeness (QED) is 0.860. The second-order valence-electron chi connectivity index (χ2n) is 5.75. The molecular weight excluding hydrogens is 250 g/mol. The Balaban J connectivity index is 2.56. The van der Waals surface area contributed by atoms with Crippen molar-refractivity contribution in [2.24, 2.45) is 11.1 Å². The van der Waals surface area contributed by atoms with E-state index < -0.39 is 0 Å².